The highest BCUT2D eigenvalue weighted by Gasteiger charge is 2.34. The van der Waals surface area contributed by atoms with Crippen molar-refractivity contribution in [2.75, 3.05) is 4.90 Å². The molecule has 0 fully saturated rings. The van der Waals surface area contributed by atoms with Crippen molar-refractivity contribution >= 4 is 56.2 Å². The van der Waals surface area contributed by atoms with E-state index in [1.165, 1.54) is 44.6 Å². The molecule has 1 aliphatic heterocycles. The van der Waals surface area contributed by atoms with Gasteiger partial charge in [0.15, 0.2) is 11.6 Å². The first-order valence-corrected chi connectivity index (χ1v) is 18.0. The van der Waals surface area contributed by atoms with Gasteiger partial charge in [0, 0.05) is 22.3 Å². The number of allylic oxidation sites excluding steroid dienone is 1. The fraction of sp³-hybridized carbons (Fsp3) is 0.143. The van der Waals surface area contributed by atoms with Crippen LogP contribution in [0.1, 0.15) is 69.3 Å². The van der Waals surface area contributed by atoms with E-state index in [1.807, 2.05) is 42.5 Å². The highest BCUT2D eigenvalue weighted by Crippen LogP contribution is 2.53. The van der Waals surface area contributed by atoms with Crippen molar-refractivity contribution in [3.63, 3.8) is 0 Å². The quantitative estimate of drug-likeness (QED) is 0.135. The molecule has 0 N–H and O–H groups in total. The zero-order valence-electron chi connectivity index (χ0n) is 30.4. The second-order valence-corrected chi connectivity index (χ2v) is 15.5. The minimum absolute atomic E-state index is 0.0137. The van der Waals surface area contributed by atoms with E-state index in [4.69, 9.17) is 0 Å². The van der Waals surface area contributed by atoms with E-state index >= 15 is 0 Å². The van der Waals surface area contributed by atoms with Crippen molar-refractivity contribution in [3.05, 3.63) is 166 Å². The fourth-order valence-corrected chi connectivity index (χ4v) is 8.36. The molecular formula is C49H39NO2. The number of hydrogen-bond acceptors (Lipinski definition) is 3. The third-order valence-corrected chi connectivity index (χ3v) is 10.9. The van der Waals surface area contributed by atoms with Crippen LogP contribution in [0, 0.1) is 20.8 Å². The summed E-state index contributed by atoms with van der Waals surface area (Å²) in [5.74, 6) is -0.429. The minimum Gasteiger partial charge on any atom is -0.309 e. The molecule has 2 aliphatic rings. The van der Waals surface area contributed by atoms with Gasteiger partial charge in [-0.3, -0.25) is 9.59 Å². The Morgan fingerprint density at radius 3 is 1.67 bits per heavy atom. The Balaban J connectivity index is 1.25. The standard InChI is InChI=1S/C49H39NO2/c1-28-19-29(2)46(30(3)20-28)50-44-18-17-36(49(4,5)6)27-40(44)38-14-10-9-13-37(38)39-25-35-21-31(15-16-34(35)26-45(39)50)22-43-47(51)41-23-32-11-7-8-12-33(32)24-42(41)48(43)52/h7-27H,1-6H3. The Hall–Kier alpha value is -6.06. The summed E-state index contributed by atoms with van der Waals surface area (Å²) in [5.41, 5.74) is 15.1. The van der Waals surface area contributed by atoms with Crippen molar-refractivity contribution in [3.8, 4) is 22.3 Å². The highest BCUT2D eigenvalue weighted by molar-refractivity contribution is 6.42. The molecule has 0 aromatic heterocycles. The molecule has 7 aromatic rings. The van der Waals surface area contributed by atoms with Gasteiger partial charge in [-0.1, -0.05) is 105 Å². The molecule has 0 unspecified atom stereocenters. The van der Waals surface area contributed by atoms with E-state index < -0.39 is 0 Å². The number of fused-ring (bicyclic) bond motifs is 8. The monoisotopic (exact) mass is 673 g/mol. The number of nitrogens with zero attached hydrogens (tertiary/aromatic N) is 1. The topological polar surface area (TPSA) is 37.4 Å². The van der Waals surface area contributed by atoms with Gasteiger partial charge in [-0.15, -0.1) is 0 Å². The van der Waals surface area contributed by atoms with E-state index in [9.17, 15) is 9.59 Å². The molecule has 7 aromatic carbocycles. The van der Waals surface area contributed by atoms with Gasteiger partial charge in [0.1, 0.15) is 0 Å². The molecule has 52 heavy (non-hydrogen) atoms. The number of carbonyl (C=O) groups is 2. The predicted molar refractivity (Wildman–Crippen MR) is 217 cm³/mol. The van der Waals surface area contributed by atoms with Crippen molar-refractivity contribution in [2.24, 2.45) is 0 Å². The van der Waals surface area contributed by atoms with Crippen LogP contribution in [0.15, 0.2) is 127 Å². The van der Waals surface area contributed by atoms with Gasteiger partial charge in [-0.05, 0) is 130 Å². The molecule has 3 heteroatoms. The molecule has 0 radical (unpaired) electrons. The van der Waals surface area contributed by atoms with E-state index in [0.717, 1.165) is 44.0 Å². The minimum atomic E-state index is -0.214. The first-order valence-electron chi connectivity index (χ1n) is 18.0. The largest absolute Gasteiger partial charge is 0.309 e. The Labute approximate surface area is 304 Å². The predicted octanol–water partition coefficient (Wildman–Crippen LogP) is 12.8. The Morgan fingerprint density at radius 2 is 1.06 bits per heavy atom. The molecule has 1 aliphatic carbocycles. The van der Waals surface area contributed by atoms with Gasteiger partial charge in [-0.2, -0.15) is 0 Å². The number of carbonyl (C=O) groups excluding carboxylic acids is 2. The molecule has 0 bridgehead atoms. The summed E-state index contributed by atoms with van der Waals surface area (Å²) in [6.07, 6.45) is 1.77. The Morgan fingerprint density at radius 1 is 0.500 bits per heavy atom. The Kier molecular flexibility index (Phi) is 7.04. The molecule has 0 atom stereocenters. The maximum absolute atomic E-state index is 13.6. The van der Waals surface area contributed by atoms with Gasteiger partial charge < -0.3 is 4.90 Å². The van der Waals surface area contributed by atoms with Gasteiger partial charge in [0.25, 0.3) is 0 Å². The molecule has 0 saturated carbocycles. The van der Waals surface area contributed by atoms with Crippen LogP contribution < -0.4 is 4.90 Å². The van der Waals surface area contributed by atoms with Crippen LogP contribution in [0.25, 0.3) is 49.9 Å². The third kappa shape index (κ3) is 4.95. The molecular weight excluding hydrogens is 635 g/mol. The smallest absolute Gasteiger partial charge is 0.197 e. The number of aryl methyl sites for hydroxylation is 3. The lowest BCUT2D eigenvalue weighted by Crippen LogP contribution is -2.16. The average Bonchev–Trinajstić information content (AvgIpc) is 3.27. The number of benzene rings is 7. The molecule has 3 nitrogen and oxygen atoms in total. The normalized spacial score (nSPS) is 13.6. The maximum atomic E-state index is 13.6. The zero-order chi connectivity index (χ0) is 36.1. The molecule has 0 spiro atoms. The summed E-state index contributed by atoms with van der Waals surface area (Å²) >= 11 is 0. The lowest BCUT2D eigenvalue weighted by atomic mass is 9.84. The maximum Gasteiger partial charge on any atom is 0.197 e. The lowest BCUT2D eigenvalue weighted by Gasteiger charge is -2.31. The van der Waals surface area contributed by atoms with Gasteiger partial charge in [0.2, 0.25) is 0 Å². The zero-order valence-corrected chi connectivity index (χ0v) is 30.4. The van der Waals surface area contributed by atoms with Crippen molar-refractivity contribution in [2.45, 2.75) is 47.0 Å². The number of hydrogen-bond donors (Lipinski definition) is 0. The number of Topliss-reactive ketones (excluding diaryl/α,β-unsaturated/α-hetero) is 2. The third-order valence-electron chi connectivity index (χ3n) is 10.9. The summed E-state index contributed by atoms with van der Waals surface area (Å²) in [7, 11) is 0. The number of anilines is 3. The number of ketones is 2. The van der Waals surface area contributed by atoms with E-state index in [-0.39, 0.29) is 22.6 Å². The van der Waals surface area contributed by atoms with Crippen LogP contribution in [0.5, 0.6) is 0 Å². The van der Waals surface area contributed by atoms with Crippen molar-refractivity contribution in [1.82, 2.24) is 0 Å². The van der Waals surface area contributed by atoms with E-state index in [2.05, 4.69) is 125 Å². The fourth-order valence-electron chi connectivity index (χ4n) is 8.36. The molecule has 0 saturated heterocycles. The second kappa shape index (κ2) is 11.5. The van der Waals surface area contributed by atoms with Gasteiger partial charge in [-0.25, -0.2) is 0 Å². The molecule has 0 amide bonds. The molecule has 9 rings (SSSR count). The molecule has 1 heterocycles. The second-order valence-electron chi connectivity index (χ2n) is 15.5. The summed E-state index contributed by atoms with van der Waals surface area (Å²) in [5, 5.41) is 4.04. The summed E-state index contributed by atoms with van der Waals surface area (Å²) in [6.45, 7) is 13.4. The van der Waals surface area contributed by atoms with Gasteiger partial charge >= 0.3 is 0 Å². The van der Waals surface area contributed by atoms with Crippen LogP contribution in [0.3, 0.4) is 0 Å². The number of rotatable bonds is 2. The summed E-state index contributed by atoms with van der Waals surface area (Å²) in [4.78, 5) is 29.7. The first kappa shape index (κ1) is 31.9. The molecule has 252 valence electrons. The van der Waals surface area contributed by atoms with Gasteiger partial charge in [0.05, 0.1) is 22.6 Å². The van der Waals surface area contributed by atoms with E-state index in [1.54, 1.807) is 6.08 Å². The van der Waals surface area contributed by atoms with Crippen LogP contribution in [-0.2, 0) is 5.41 Å². The average molecular weight is 674 g/mol. The van der Waals surface area contributed by atoms with Crippen molar-refractivity contribution < 1.29 is 9.59 Å². The van der Waals surface area contributed by atoms with Crippen LogP contribution in [0.4, 0.5) is 17.1 Å². The SMILES string of the molecule is Cc1cc(C)c(N2c3ccc(C(C)(C)C)cc3-c3ccccc3-c3cc4cc(C=C5C(=O)c6cc7ccccc7cc6C5=O)ccc4cc32)c(C)c1. The van der Waals surface area contributed by atoms with Crippen molar-refractivity contribution in [1.29, 1.82) is 0 Å². The highest BCUT2D eigenvalue weighted by atomic mass is 16.2. The van der Waals surface area contributed by atoms with Crippen LogP contribution in [0.2, 0.25) is 0 Å². The Bertz CT molecular complexity index is 2660. The lowest BCUT2D eigenvalue weighted by molar-refractivity contribution is 0.0990. The van der Waals surface area contributed by atoms with Crippen LogP contribution in [-0.4, -0.2) is 11.6 Å². The summed E-state index contributed by atoms with van der Waals surface area (Å²) in [6, 6.07) is 42.6. The first-order chi connectivity index (χ1) is 25.0. The van der Waals surface area contributed by atoms with Crippen LogP contribution >= 0.6 is 0 Å². The van der Waals surface area contributed by atoms with E-state index in [0.29, 0.717) is 11.1 Å². The summed E-state index contributed by atoms with van der Waals surface area (Å²) < 4.78 is 0.